The van der Waals surface area contributed by atoms with E-state index in [-0.39, 0.29) is 25.7 Å². The molecule has 552 valence electrons. The zero-order valence-electron chi connectivity index (χ0n) is 60.9. The van der Waals surface area contributed by atoms with Crippen molar-refractivity contribution in [3.8, 4) is 0 Å². The lowest BCUT2D eigenvalue weighted by atomic mass is 9.99. The zero-order chi connectivity index (χ0) is 68.9. The van der Waals surface area contributed by atoms with Gasteiger partial charge in [-0.3, -0.25) is 37.3 Å². The van der Waals surface area contributed by atoms with Crippen molar-refractivity contribution in [2.75, 3.05) is 39.6 Å². The minimum Gasteiger partial charge on any atom is -0.462 e. The maximum atomic E-state index is 13.1. The Morgan fingerprint density at radius 3 is 0.763 bits per heavy atom. The molecule has 3 N–H and O–H groups in total. The third-order valence-corrected chi connectivity index (χ3v) is 19.3. The number of phosphoric ester groups is 2. The molecule has 0 radical (unpaired) electrons. The molecule has 3 unspecified atom stereocenters. The van der Waals surface area contributed by atoms with E-state index in [9.17, 15) is 43.2 Å². The van der Waals surface area contributed by atoms with E-state index in [1.165, 1.54) is 167 Å². The van der Waals surface area contributed by atoms with E-state index in [1.54, 1.807) is 0 Å². The van der Waals surface area contributed by atoms with Crippen LogP contribution in [0.15, 0.2) is 0 Å². The molecule has 0 aliphatic heterocycles. The molecule has 0 fully saturated rings. The van der Waals surface area contributed by atoms with Crippen molar-refractivity contribution in [3.63, 3.8) is 0 Å². The molecule has 0 spiro atoms. The quantitative estimate of drug-likeness (QED) is 0.0222. The second-order valence-corrected chi connectivity index (χ2v) is 31.3. The van der Waals surface area contributed by atoms with E-state index in [0.717, 1.165) is 114 Å². The van der Waals surface area contributed by atoms with Gasteiger partial charge in [0.2, 0.25) is 0 Å². The topological polar surface area (TPSA) is 237 Å². The fourth-order valence-corrected chi connectivity index (χ4v) is 12.7. The number of aliphatic hydroxyl groups excluding tert-OH is 1. The summed E-state index contributed by atoms with van der Waals surface area (Å²) in [4.78, 5) is 72.7. The summed E-state index contributed by atoms with van der Waals surface area (Å²) in [5.74, 6) is 0.900. The molecule has 0 aliphatic carbocycles. The van der Waals surface area contributed by atoms with Crippen LogP contribution < -0.4 is 0 Å². The number of hydrogen-bond acceptors (Lipinski definition) is 15. The molecule has 93 heavy (non-hydrogen) atoms. The van der Waals surface area contributed by atoms with Crippen LogP contribution in [0, 0.1) is 23.7 Å². The van der Waals surface area contributed by atoms with Gasteiger partial charge in [0, 0.05) is 25.7 Å². The van der Waals surface area contributed by atoms with Crippen molar-refractivity contribution in [2.24, 2.45) is 23.7 Å². The third kappa shape index (κ3) is 67.0. The minimum atomic E-state index is -4.96. The third-order valence-electron chi connectivity index (χ3n) is 17.4. The lowest BCUT2D eigenvalue weighted by molar-refractivity contribution is -0.161. The van der Waals surface area contributed by atoms with E-state index in [0.29, 0.717) is 31.6 Å². The fraction of sp³-hybridized carbons (Fsp3) is 0.946. The highest BCUT2D eigenvalue weighted by atomic mass is 31.2. The van der Waals surface area contributed by atoms with Crippen LogP contribution in [-0.4, -0.2) is 96.7 Å². The van der Waals surface area contributed by atoms with Crippen LogP contribution in [0.3, 0.4) is 0 Å². The molecule has 0 aromatic carbocycles. The second-order valence-electron chi connectivity index (χ2n) is 28.4. The lowest BCUT2D eigenvalue weighted by Crippen LogP contribution is -2.30. The predicted molar refractivity (Wildman–Crippen MR) is 377 cm³/mol. The summed E-state index contributed by atoms with van der Waals surface area (Å²) < 4.78 is 68.4. The summed E-state index contributed by atoms with van der Waals surface area (Å²) in [6.45, 7) is 14.1. The van der Waals surface area contributed by atoms with Gasteiger partial charge >= 0.3 is 39.5 Å². The Kier molecular flexibility index (Phi) is 62.2. The molecule has 0 saturated heterocycles. The number of ether oxygens (including phenoxy) is 4. The van der Waals surface area contributed by atoms with Crippen molar-refractivity contribution < 1.29 is 80.2 Å². The average molecular weight is 1370 g/mol. The number of hydrogen-bond donors (Lipinski definition) is 3. The smallest absolute Gasteiger partial charge is 0.462 e. The maximum Gasteiger partial charge on any atom is 0.472 e. The molecule has 0 aromatic rings. The molecule has 19 heteroatoms. The Bertz CT molecular complexity index is 1840. The standard InChI is InChI=1S/C74H144O17P2/c1-9-67(8)53-45-37-28-24-25-31-41-49-57-74(79)91-69(60-84-71(76)54-46-38-29-22-18-14-10-12-16-20-26-34-42-50-64(2)3)62-88-92(80,81)86-58-68(75)59-87-93(82,83)89-63-70(61-85-72(77)55-47-39-33-32-36-44-52-66(6)7)90-73(78)56-48-40-30-23-19-15-11-13-17-21-27-35-43-51-65(4)5/h64-70,75H,9-63H2,1-8H3,(H,80,81)(H,82,83)/t67?,68-,69-,70-/m1/s1. The molecule has 0 amide bonds. The van der Waals surface area contributed by atoms with Crippen LogP contribution in [-0.2, 0) is 65.4 Å². The summed E-state index contributed by atoms with van der Waals surface area (Å²) in [7, 11) is -9.91. The van der Waals surface area contributed by atoms with E-state index in [4.69, 9.17) is 37.0 Å². The summed E-state index contributed by atoms with van der Waals surface area (Å²) in [5.41, 5.74) is 0. The predicted octanol–water partition coefficient (Wildman–Crippen LogP) is 21.3. The molecule has 17 nitrogen and oxygen atoms in total. The number of phosphoric acid groups is 2. The molecular weight excluding hydrogens is 1220 g/mol. The Balaban J connectivity index is 5.23. The first-order chi connectivity index (χ1) is 44.6. The highest BCUT2D eigenvalue weighted by Gasteiger charge is 2.30. The first-order valence-electron chi connectivity index (χ1n) is 38.2. The van der Waals surface area contributed by atoms with E-state index in [1.807, 2.05) is 0 Å². The number of carbonyl (C=O) groups is 4. The molecule has 0 rings (SSSR count). The maximum absolute atomic E-state index is 13.1. The fourth-order valence-electron chi connectivity index (χ4n) is 11.2. The number of esters is 4. The first kappa shape index (κ1) is 91.1. The molecule has 0 heterocycles. The van der Waals surface area contributed by atoms with Crippen molar-refractivity contribution in [2.45, 2.75) is 388 Å². The van der Waals surface area contributed by atoms with Gasteiger partial charge in [-0.05, 0) is 49.4 Å². The largest absolute Gasteiger partial charge is 0.472 e. The normalized spacial score (nSPS) is 14.5. The van der Waals surface area contributed by atoms with Crippen LogP contribution in [0.25, 0.3) is 0 Å². The van der Waals surface area contributed by atoms with Gasteiger partial charge in [-0.1, -0.05) is 319 Å². The van der Waals surface area contributed by atoms with Gasteiger partial charge < -0.3 is 33.8 Å². The highest BCUT2D eigenvalue weighted by Crippen LogP contribution is 2.45. The molecular formula is C74H144O17P2. The van der Waals surface area contributed by atoms with Gasteiger partial charge in [0.05, 0.1) is 26.4 Å². The summed E-state index contributed by atoms with van der Waals surface area (Å²) in [6, 6.07) is 0. The van der Waals surface area contributed by atoms with Gasteiger partial charge in [-0.15, -0.1) is 0 Å². The van der Waals surface area contributed by atoms with Gasteiger partial charge in [0.15, 0.2) is 12.2 Å². The van der Waals surface area contributed by atoms with Crippen LogP contribution in [0.5, 0.6) is 0 Å². The van der Waals surface area contributed by atoms with Crippen LogP contribution >= 0.6 is 15.6 Å². The number of carbonyl (C=O) groups excluding carboxylic acids is 4. The Morgan fingerprint density at radius 1 is 0.301 bits per heavy atom. The monoisotopic (exact) mass is 1370 g/mol. The Labute approximate surface area is 568 Å². The van der Waals surface area contributed by atoms with Gasteiger partial charge in [-0.2, -0.15) is 0 Å². The lowest BCUT2D eigenvalue weighted by Gasteiger charge is -2.21. The summed E-state index contributed by atoms with van der Waals surface area (Å²) in [5, 5.41) is 10.6. The number of aliphatic hydroxyl groups is 1. The molecule has 0 aliphatic rings. The zero-order valence-corrected chi connectivity index (χ0v) is 62.7. The summed E-state index contributed by atoms with van der Waals surface area (Å²) in [6.07, 6.45) is 47.3. The van der Waals surface area contributed by atoms with Gasteiger partial charge in [0.1, 0.15) is 19.3 Å². The highest BCUT2D eigenvalue weighted by molar-refractivity contribution is 7.47. The molecule has 0 saturated carbocycles. The minimum absolute atomic E-state index is 0.105. The molecule has 0 bridgehead atoms. The van der Waals surface area contributed by atoms with Crippen molar-refractivity contribution in [1.29, 1.82) is 0 Å². The van der Waals surface area contributed by atoms with Crippen molar-refractivity contribution in [1.82, 2.24) is 0 Å². The van der Waals surface area contributed by atoms with E-state index in [2.05, 4.69) is 55.4 Å². The summed E-state index contributed by atoms with van der Waals surface area (Å²) >= 11 is 0. The average Bonchev–Trinajstić information content (AvgIpc) is 2.55. The van der Waals surface area contributed by atoms with Crippen LogP contribution in [0.4, 0.5) is 0 Å². The van der Waals surface area contributed by atoms with E-state index >= 15 is 0 Å². The Morgan fingerprint density at radius 2 is 0.516 bits per heavy atom. The van der Waals surface area contributed by atoms with E-state index < -0.39 is 97.5 Å². The van der Waals surface area contributed by atoms with Crippen LogP contribution in [0.2, 0.25) is 0 Å². The van der Waals surface area contributed by atoms with Gasteiger partial charge in [0.25, 0.3) is 0 Å². The van der Waals surface area contributed by atoms with Crippen LogP contribution in [0.1, 0.15) is 370 Å². The second kappa shape index (κ2) is 63.5. The SMILES string of the molecule is CCC(C)CCCCCCCCCCC(=O)O[C@H](COC(=O)CCCCCCCCCCCCCCCC(C)C)COP(=O)(O)OC[C@@H](O)COP(=O)(O)OC[C@@H](COC(=O)CCCCCCCCC(C)C)OC(=O)CCCCCCCCCCCCCCCC(C)C. The van der Waals surface area contributed by atoms with Crippen molar-refractivity contribution >= 4 is 39.5 Å². The Hall–Kier alpha value is -1.94. The number of unbranched alkanes of at least 4 members (excludes halogenated alkanes) is 36. The molecule has 0 aromatic heterocycles. The van der Waals surface area contributed by atoms with Gasteiger partial charge in [-0.25, -0.2) is 9.13 Å². The first-order valence-corrected chi connectivity index (χ1v) is 41.2. The molecule has 6 atom stereocenters. The number of rotatable bonds is 71. The van der Waals surface area contributed by atoms with Crippen molar-refractivity contribution in [3.05, 3.63) is 0 Å².